The van der Waals surface area contributed by atoms with Gasteiger partial charge in [0.05, 0.1) is 13.2 Å². The Morgan fingerprint density at radius 3 is 2.11 bits per heavy atom. The third-order valence-electron chi connectivity index (χ3n) is 7.10. The van der Waals surface area contributed by atoms with Crippen molar-refractivity contribution in [3.8, 4) is 22.6 Å². The Labute approximate surface area is 212 Å². The summed E-state index contributed by atoms with van der Waals surface area (Å²) in [5, 5.41) is 0. The summed E-state index contributed by atoms with van der Waals surface area (Å²) >= 11 is 0. The van der Waals surface area contributed by atoms with Crippen molar-refractivity contribution in [2.75, 3.05) is 13.2 Å². The largest absolute Gasteiger partial charge is 0.494 e. The molecule has 0 N–H and O–H groups in total. The van der Waals surface area contributed by atoms with Gasteiger partial charge in [0.25, 0.3) is 0 Å². The lowest BCUT2D eigenvalue weighted by molar-refractivity contribution is 0.293. The average Bonchev–Trinajstić information content (AvgIpc) is 2.90. The molecule has 0 heterocycles. The lowest BCUT2D eigenvalue weighted by Gasteiger charge is -2.29. The highest BCUT2D eigenvalue weighted by Gasteiger charge is 2.27. The van der Waals surface area contributed by atoms with Gasteiger partial charge in [-0.1, -0.05) is 50.6 Å². The van der Waals surface area contributed by atoms with Crippen LogP contribution in [0.4, 0.5) is 13.2 Å². The van der Waals surface area contributed by atoms with Crippen molar-refractivity contribution >= 4 is 0 Å². The first-order valence-corrected chi connectivity index (χ1v) is 13.1. The molecule has 1 aliphatic rings. The van der Waals surface area contributed by atoms with E-state index in [-0.39, 0.29) is 23.2 Å². The number of benzene rings is 3. The molecule has 192 valence electrons. The molecule has 1 fully saturated rings. The zero-order valence-electron chi connectivity index (χ0n) is 21.2. The standard InChI is InChI=1S/C31H35F3O2/c1-3-5-19-36-29-17-12-24(20-28(29)32)21-6-8-22(9-7-21)26-15-16-27(31(34)30(26)33)23-10-13-25(14-11-23)35-18-4-2/h10-17,20-22H,3-9,18-19H2,1-2H3. The van der Waals surface area contributed by atoms with Gasteiger partial charge in [0, 0.05) is 5.56 Å². The first-order valence-electron chi connectivity index (χ1n) is 13.1. The molecule has 0 saturated heterocycles. The first kappa shape index (κ1) is 26.1. The summed E-state index contributed by atoms with van der Waals surface area (Å²) < 4.78 is 55.8. The average molecular weight is 497 g/mol. The molecule has 0 spiro atoms. The van der Waals surface area contributed by atoms with Gasteiger partial charge < -0.3 is 9.47 Å². The van der Waals surface area contributed by atoms with E-state index in [1.165, 1.54) is 0 Å². The second-order valence-electron chi connectivity index (χ2n) is 9.64. The number of rotatable bonds is 10. The normalized spacial score (nSPS) is 17.7. The minimum absolute atomic E-state index is 0.0453. The van der Waals surface area contributed by atoms with Crippen LogP contribution >= 0.6 is 0 Å². The predicted octanol–water partition coefficient (Wildman–Crippen LogP) is 9.18. The molecule has 0 atom stereocenters. The smallest absolute Gasteiger partial charge is 0.166 e. The van der Waals surface area contributed by atoms with Gasteiger partial charge in [0.1, 0.15) is 5.75 Å². The molecule has 0 aliphatic heterocycles. The summed E-state index contributed by atoms with van der Waals surface area (Å²) in [6.45, 7) is 5.23. The summed E-state index contributed by atoms with van der Waals surface area (Å²) in [5.41, 5.74) is 2.25. The van der Waals surface area contributed by atoms with Crippen LogP contribution in [-0.2, 0) is 0 Å². The van der Waals surface area contributed by atoms with Crippen molar-refractivity contribution in [2.24, 2.45) is 0 Å². The molecule has 0 aromatic heterocycles. The van der Waals surface area contributed by atoms with E-state index in [4.69, 9.17) is 9.47 Å². The maximum atomic E-state index is 15.2. The molecule has 0 amide bonds. The van der Waals surface area contributed by atoms with Crippen molar-refractivity contribution in [3.05, 3.63) is 83.2 Å². The van der Waals surface area contributed by atoms with Gasteiger partial charge in [0.15, 0.2) is 23.2 Å². The topological polar surface area (TPSA) is 18.5 Å². The molecule has 36 heavy (non-hydrogen) atoms. The third-order valence-corrected chi connectivity index (χ3v) is 7.10. The second kappa shape index (κ2) is 12.3. The molecule has 0 radical (unpaired) electrons. The number of ether oxygens (including phenoxy) is 2. The fraction of sp³-hybridized carbons (Fsp3) is 0.419. The monoisotopic (exact) mass is 496 g/mol. The molecule has 0 bridgehead atoms. The fourth-order valence-electron chi connectivity index (χ4n) is 5.01. The predicted molar refractivity (Wildman–Crippen MR) is 138 cm³/mol. The van der Waals surface area contributed by atoms with Crippen LogP contribution in [0.5, 0.6) is 11.5 Å². The summed E-state index contributed by atoms with van der Waals surface area (Å²) in [6, 6.07) is 15.7. The van der Waals surface area contributed by atoms with Crippen LogP contribution < -0.4 is 9.47 Å². The van der Waals surface area contributed by atoms with E-state index in [0.29, 0.717) is 35.8 Å². The van der Waals surface area contributed by atoms with Crippen LogP contribution in [0.3, 0.4) is 0 Å². The Hall–Kier alpha value is -2.95. The lowest BCUT2D eigenvalue weighted by atomic mass is 9.76. The van der Waals surface area contributed by atoms with E-state index >= 15 is 8.78 Å². The zero-order valence-corrected chi connectivity index (χ0v) is 21.2. The molecule has 1 aliphatic carbocycles. The van der Waals surface area contributed by atoms with Crippen LogP contribution in [-0.4, -0.2) is 13.2 Å². The van der Waals surface area contributed by atoms with Gasteiger partial charge in [-0.2, -0.15) is 0 Å². The second-order valence-corrected chi connectivity index (χ2v) is 9.64. The quantitative estimate of drug-likeness (QED) is 0.261. The van der Waals surface area contributed by atoms with E-state index in [2.05, 4.69) is 6.92 Å². The number of hydrogen-bond acceptors (Lipinski definition) is 2. The molecule has 5 heteroatoms. The number of hydrogen-bond donors (Lipinski definition) is 0. The van der Waals surface area contributed by atoms with E-state index in [0.717, 1.165) is 50.5 Å². The molecule has 3 aromatic carbocycles. The highest BCUT2D eigenvalue weighted by Crippen LogP contribution is 2.43. The molecule has 0 unspecified atom stereocenters. The first-order chi connectivity index (χ1) is 17.5. The molecule has 3 aromatic rings. The summed E-state index contributed by atoms with van der Waals surface area (Å²) in [4.78, 5) is 0. The van der Waals surface area contributed by atoms with Crippen molar-refractivity contribution in [1.29, 1.82) is 0 Å². The summed E-state index contributed by atoms with van der Waals surface area (Å²) in [7, 11) is 0. The van der Waals surface area contributed by atoms with Gasteiger partial charge in [-0.3, -0.25) is 0 Å². The van der Waals surface area contributed by atoms with Crippen LogP contribution in [0, 0.1) is 17.5 Å². The van der Waals surface area contributed by atoms with E-state index in [9.17, 15) is 4.39 Å². The molecular weight excluding hydrogens is 461 g/mol. The third kappa shape index (κ3) is 6.05. The summed E-state index contributed by atoms with van der Waals surface area (Å²) in [5.74, 6) is -0.730. The van der Waals surface area contributed by atoms with Crippen LogP contribution in [0.15, 0.2) is 54.6 Å². The highest BCUT2D eigenvalue weighted by atomic mass is 19.2. The Bertz CT molecular complexity index is 1140. The molecular formula is C31H35F3O2. The minimum Gasteiger partial charge on any atom is -0.494 e. The van der Waals surface area contributed by atoms with E-state index in [1.54, 1.807) is 48.5 Å². The Kier molecular flexibility index (Phi) is 8.95. The molecule has 1 saturated carbocycles. The van der Waals surface area contributed by atoms with Crippen LogP contribution in [0.25, 0.3) is 11.1 Å². The van der Waals surface area contributed by atoms with Gasteiger partial charge in [-0.15, -0.1) is 0 Å². The summed E-state index contributed by atoms with van der Waals surface area (Å²) in [6.07, 6.45) is 5.88. The molecule has 2 nitrogen and oxygen atoms in total. The number of unbranched alkanes of at least 4 members (excludes halogenated alkanes) is 1. The van der Waals surface area contributed by atoms with Crippen molar-refractivity contribution in [2.45, 2.75) is 70.6 Å². The van der Waals surface area contributed by atoms with Gasteiger partial charge in [-0.05, 0) is 91.3 Å². The number of halogens is 3. The maximum Gasteiger partial charge on any atom is 0.166 e. The SMILES string of the molecule is CCCCOc1ccc(C2CCC(c3ccc(-c4ccc(OCCC)cc4)c(F)c3F)CC2)cc1F. The van der Waals surface area contributed by atoms with E-state index < -0.39 is 11.6 Å². The van der Waals surface area contributed by atoms with Gasteiger partial charge in [0.2, 0.25) is 0 Å². The zero-order chi connectivity index (χ0) is 25.5. The lowest BCUT2D eigenvalue weighted by Crippen LogP contribution is -2.14. The fourth-order valence-corrected chi connectivity index (χ4v) is 5.01. The van der Waals surface area contributed by atoms with Crippen LogP contribution in [0.1, 0.15) is 81.8 Å². The van der Waals surface area contributed by atoms with Crippen molar-refractivity contribution in [3.63, 3.8) is 0 Å². The van der Waals surface area contributed by atoms with Gasteiger partial charge >= 0.3 is 0 Å². The Morgan fingerprint density at radius 1 is 0.722 bits per heavy atom. The van der Waals surface area contributed by atoms with E-state index in [1.807, 2.05) is 13.0 Å². The highest BCUT2D eigenvalue weighted by molar-refractivity contribution is 5.65. The Balaban J connectivity index is 1.41. The molecule has 4 rings (SSSR count). The van der Waals surface area contributed by atoms with Crippen molar-refractivity contribution in [1.82, 2.24) is 0 Å². The maximum absolute atomic E-state index is 15.2. The minimum atomic E-state index is -0.808. The van der Waals surface area contributed by atoms with Gasteiger partial charge in [-0.25, -0.2) is 13.2 Å². The van der Waals surface area contributed by atoms with Crippen LogP contribution in [0.2, 0.25) is 0 Å². The van der Waals surface area contributed by atoms with Crippen molar-refractivity contribution < 1.29 is 22.6 Å². The Morgan fingerprint density at radius 2 is 1.44 bits per heavy atom.